The lowest BCUT2D eigenvalue weighted by Crippen LogP contribution is -2.28. The highest BCUT2D eigenvalue weighted by Gasteiger charge is 2.53. The second-order valence-electron chi connectivity index (χ2n) is 17.0. The van der Waals surface area contributed by atoms with Crippen LogP contribution in [0.2, 0.25) is 0 Å². The van der Waals surface area contributed by atoms with Crippen LogP contribution in [0.25, 0.3) is 38.6 Å². The first-order chi connectivity index (χ1) is 30.3. The van der Waals surface area contributed by atoms with Crippen molar-refractivity contribution in [2.45, 2.75) is 23.7 Å². The molecule has 0 fully saturated rings. The Morgan fingerprint density at radius 1 is 0.344 bits per heavy atom. The summed E-state index contributed by atoms with van der Waals surface area (Å²) in [6.45, 7) is 0. The number of fused-ring (bicyclic) bond motifs is 13. The zero-order valence-electron chi connectivity index (χ0n) is 33.7. The van der Waals surface area contributed by atoms with Gasteiger partial charge in [0.1, 0.15) is 0 Å². The van der Waals surface area contributed by atoms with Crippen molar-refractivity contribution in [3.05, 3.63) is 275 Å². The molecule has 286 valence electrons. The molecule has 0 amide bonds. The van der Waals surface area contributed by atoms with Crippen LogP contribution < -0.4 is 4.90 Å². The molecule has 1 spiro atoms. The highest BCUT2D eigenvalue weighted by molar-refractivity contribution is 6.01. The second-order valence-corrected chi connectivity index (χ2v) is 17.0. The molecule has 1 unspecified atom stereocenters. The summed E-state index contributed by atoms with van der Waals surface area (Å²) in [5.41, 5.74) is 21.3. The van der Waals surface area contributed by atoms with Gasteiger partial charge in [-0.25, -0.2) is 0 Å². The fraction of sp³-hybridized carbons (Fsp3) is 0.0667. The maximum Gasteiger partial charge on any atom is 0.0723 e. The van der Waals surface area contributed by atoms with Crippen molar-refractivity contribution in [2.24, 2.45) is 0 Å². The standard InChI is InChI=1S/C60H41N/c1-4-20-42(21-5-1)59(43-22-6-2-7-23-43)53-29-15-12-28-49(53)50-34-32-45(38-57(50)59)61(44-24-8-3-9-25-44)46-33-35-51-52-36-40-18-10-11-19-41(40)37-56(52)60(58(51)39-46)54-30-16-13-26-47(54)48-27-14-17-31-55(48)60/h1-13,15-26,28-39H,14,27H2. The minimum Gasteiger partial charge on any atom is -0.310 e. The highest BCUT2D eigenvalue weighted by Crippen LogP contribution is 2.65. The predicted octanol–water partition coefficient (Wildman–Crippen LogP) is 15.1. The van der Waals surface area contributed by atoms with Gasteiger partial charge in [0.05, 0.1) is 10.8 Å². The maximum absolute atomic E-state index is 2.53. The van der Waals surface area contributed by atoms with Gasteiger partial charge in [0.15, 0.2) is 0 Å². The Kier molecular flexibility index (Phi) is 7.33. The zero-order valence-corrected chi connectivity index (χ0v) is 33.7. The fourth-order valence-corrected chi connectivity index (χ4v) is 11.8. The van der Waals surface area contributed by atoms with E-state index >= 15 is 0 Å². The van der Waals surface area contributed by atoms with Gasteiger partial charge in [-0.1, -0.05) is 176 Å². The van der Waals surface area contributed by atoms with Crippen LogP contribution in [0.4, 0.5) is 17.1 Å². The Morgan fingerprint density at radius 3 is 1.51 bits per heavy atom. The number of hydrogen-bond donors (Lipinski definition) is 0. The molecule has 1 heteroatoms. The van der Waals surface area contributed by atoms with E-state index in [0.717, 1.165) is 29.9 Å². The summed E-state index contributed by atoms with van der Waals surface area (Å²) in [5.74, 6) is 0. The van der Waals surface area contributed by atoms with Crippen molar-refractivity contribution in [1.29, 1.82) is 0 Å². The smallest absolute Gasteiger partial charge is 0.0723 e. The van der Waals surface area contributed by atoms with Crippen molar-refractivity contribution in [1.82, 2.24) is 0 Å². The third-order valence-corrected chi connectivity index (χ3v) is 14.2. The average Bonchev–Trinajstić information content (AvgIpc) is 3.91. The quantitative estimate of drug-likeness (QED) is 0.168. The molecule has 9 aromatic carbocycles. The first-order valence-corrected chi connectivity index (χ1v) is 21.6. The molecule has 4 aliphatic rings. The van der Waals surface area contributed by atoms with Gasteiger partial charge in [0.25, 0.3) is 0 Å². The van der Waals surface area contributed by atoms with E-state index in [2.05, 4.69) is 229 Å². The van der Waals surface area contributed by atoms with Crippen LogP contribution >= 0.6 is 0 Å². The number of hydrogen-bond acceptors (Lipinski definition) is 1. The zero-order chi connectivity index (χ0) is 40.1. The normalized spacial score (nSPS) is 17.1. The van der Waals surface area contributed by atoms with Gasteiger partial charge in [0.2, 0.25) is 0 Å². The van der Waals surface area contributed by atoms with Crippen LogP contribution in [0.3, 0.4) is 0 Å². The topological polar surface area (TPSA) is 3.24 Å². The number of nitrogens with zero attached hydrogens (tertiary/aromatic N) is 1. The van der Waals surface area contributed by atoms with E-state index in [1.165, 1.54) is 88.7 Å². The third kappa shape index (κ3) is 4.61. The summed E-state index contributed by atoms with van der Waals surface area (Å²) in [4.78, 5) is 2.49. The van der Waals surface area contributed by atoms with E-state index < -0.39 is 10.8 Å². The summed E-state index contributed by atoms with van der Waals surface area (Å²) in [6.07, 6.45) is 6.98. The number of anilines is 3. The number of rotatable bonds is 5. The van der Waals surface area contributed by atoms with Gasteiger partial charge < -0.3 is 4.90 Å². The molecular weight excluding hydrogens is 735 g/mol. The molecule has 0 heterocycles. The van der Waals surface area contributed by atoms with Crippen molar-refractivity contribution >= 4 is 33.4 Å². The van der Waals surface area contributed by atoms with E-state index in [9.17, 15) is 0 Å². The van der Waals surface area contributed by atoms with Gasteiger partial charge in [-0.3, -0.25) is 0 Å². The molecule has 4 aliphatic carbocycles. The molecule has 1 atom stereocenters. The molecule has 13 rings (SSSR count). The lowest BCUT2D eigenvalue weighted by atomic mass is 9.67. The van der Waals surface area contributed by atoms with Gasteiger partial charge in [0, 0.05) is 17.1 Å². The molecule has 0 saturated carbocycles. The SMILES string of the molecule is C1=CC2=C(CC1)c1ccccc1C21c2cc(N(c3ccccc3)c3ccc4c(c3)C(c3ccccc3)(c3ccccc3)c3ccccc3-4)ccc2-c2cc3ccccc3cc21. The monoisotopic (exact) mass is 775 g/mol. The van der Waals surface area contributed by atoms with Crippen molar-refractivity contribution < 1.29 is 0 Å². The predicted molar refractivity (Wildman–Crippen MR) is 253 cm³/mol. The summed E-state index contributed by atoms with van der Waals surface area (Å²) in [7, 11) is 0. The molecule has 9 aromatic rings. The van der Waals surface area contributed by atoms with Crippen molar-refractivity contribution in [3.8, 4) is 22.3 Å². The Hall–Kier alpha value is -7.48. The van der Waals surface area contributed by atoms with Gasteiger partial charge in [-0.15, -0.1) is 0 Å². The molecule has 0 saturated heterocycles. The Morgan fingerprint density at radius 2 is 0.836 bits per heavy atom. The van der Waals surface area contributed by atoms with Crippen LogP contribution in [0.5, 0.6) is 0 Å². The Bertz CT molecular complexity index is 3260. The lowest BCUT2D eigenvalue weighted by Gasteiger charge is -2.35. The maximum atomic E-state index is 2.53. The Labute approximate surface area is 357 Å². The minimum absolute atomic E-state index is 0.425. The minimum atomic E-state index is -0.498. The van der Waals surface area contributed by atoms with Crippen LogP contribution in [0.15, 0.2) is 230 Å². The van der Waals surface area contributed by atoms with E-state index in [-0.39, 0.29) is 0 Å². The fourth-order valence-electron chi connectivity index (χ4n) is 11.8. The van der Waals surface area contributed by atoms with Gasteiger partial charge >= 0.3 is 0 Å². The summed E-state index contributed by atoms with van der Waals surface area (Å²) < 4.78 is 0. The second kappa shape index (κ2) is 13.0. The molecule has 0 N–H and O–H groups in total. The average molecular weight is 776 g/mol. The van der Waals surface area contributed by atoms with E-state index in [1.807, 2.05) is 0 Å². The Balaban J connectivity index is 1.08. The van der Waals surface area contributed by atoms with Gasteiger partial charge in [-0.2, -0.15) is 0 Å². The lowest BCUT2D eigenvalue weighted by molar-refractivity contribution is 0.768. The van der Waals surface area contributed by atoms with E-state index in [1.54, 1.807) is 0 Å². The number of para-hydroxylation sites is 1. The third-order valence-electron chi connectivity index (χ3n) is 14.2. The molecule has 0 aromatic heterocycles. The van der Waals surface area contributed by atoms with Crippen molar-refractivity contribution in [2.75, 3.05) is 4.90 Å². The molecule has 0 radical (unpaired) electrons. The number of benzene rings is 9. The molecule has 61 heavy (non-hydrogen) atoms. The van der Waals surface area contributed by atoms with Gasteiger partial charge in [-0.05, 0) is 150 Å². The van der Waals surface area contributed by atoms with Crippen LogP contribution in [-0.4, -0.2) is 0 Å². The van der Waals surface area contributed by atoms with Crippen molar-refractivity contribution in [3.63, 3.8) is 0 Å². The number of allylic oxidation sites excluding steroid dienone is 4. The molecule has 1 nitrogen and oxygen atoms in total. The molecule has 0 bridgehead atoms. The summed E-state index contributed by atoms with van der Waals surface area (Å²) in [5, 5.41) is 2.56. The van der Waals surface area contributed by atoms with E-state index in [0.29, 0.717) is 0 Å². The van der Waals surface area contributed by atoms with Crippen LogP contribution in [0.1, 0.15) is 57.3 Å². The first kappa shape index (κ1) is 34.4. The molecular formula is C60H41N. The van der Waals surface area contributed by atoms with Crippen LogP contribution in [-0.2, 0) is 10.8 Å². The molecule has 0 aliphatic heterocycles. The summed E-state index contributed by atoms with van der Waals surface area (Å²) >= 11 is 0. The van der Waals surface area contributed by atoms with Crippen LogP contribution in [0, 0.1) is 0 Å². The highest BCUT2D eigenvalue weighted by atomic mass is 15.1. The van der Waals surface area contributed by atoms with E-state index in [4.69, 9.17) is 0 Å². The summed E-state index contributed by atoms with van der Waals surface area (Å²) in [6, 6.07) is 79.8. The first-order valence-electron chi connectivity index (χ1n) is 21.6. The largest absolute Gasteiger partial charge is 0.310 e.